The van der Waals surface area contributed by atoms with Crippen LogP contribution in [0, 0.1) is 5.82 Å². The Morgan fingerprint density at radius 2 is 1.93 bits per heavy atom. The van der Waals surface area contributed by atoms with Crippen LogP contribution in [0.3, 0.4) is 0 Å². The number of hydrogen-bond donors (Lipinski definition) is 0. The minimum Gasteiger partial charge on any atom is -0.496 e. The Kier molecular flexibility index (Phi) is 5.56. The van der Waals surface area contributed by atoms with Gasteiger partial charge < -0.3 is 18.9 Å². The molecule has 0 spiro atoms. The third-order valence-corrected chi connectivity index (χ3v) is 5.28. The van der Waals surface area contributed by atoms with E-state index >= 15 is 0 Å². The fourth-order valence-corrected chi connectivity index (χ4v) is 3.72. The van der Waals surface area contributed by atoms with Gasteiger partial charge in [-0.05, 0) is 35.9 Å². The second-order valence-corrected chi connectivity index (χ2v) is 7.16. The molecule has 0 saturated carbocycles. The second-order valence-electron chi connectivity index (χ2n) is 6.76. The number of halogens is 2. The quantitative estimate of drug-likeness (QED) is 0.631. The van der Waals surface area contributed by atoms with E-state index in [4.69, 9.17) is 21.1 Å². The van der Waals surface area contributed by atoms with Gasteiger partial charge in [0.2, 0.25) is 0 Å². The third kappa shape index (κ3) is 3.99. The maximum atomic E-state index is 13.2. The van der Waals surface area contributed by atoms with E-state index in [1.807, 2.05) is 29.1 Å². The highest BCUT2D eigenvalue weighted by molar-refractivity contribution is 6.33. The summed E-state index contributed by atoms with van der Waals surface area (Å²) in [4.78, 5) is 14.9. The lowest BCUT2D eigenvalue weighted by atomic mass is 10.1. The molecule has 0 N–H and O–H groups in total. The fourth-order valence-electron chi connectivity index (χ4n) is 3.45. The number of ether oxygens (including phenoxy) is 2. The van der Waals surface area contributed by atoms with Gasteiger partial charge in [0.15, 0.2) is 0 Å². The number of carbonyl (C=O) groups is 1. The molecule has 4 rings (SSSR count). The zero-order valence-electron chi connectivity index (χ0n) is 15.8. The van der Waals surface area contributed by atoms with Gasteiger partial charge in [-0.3, -0.25) is 4.79 Å². The van der Waals surface area contributed by atoms with Crippen LogP contribution in [-0.2, 0) is 4.74 Å². The maximum absolute atomic E-state index is 13.2. The smallest absolute Gasteiger partial charge is 0.257 e. The Hall–Kier alpha value is -2.83. The third-order valence-electron chi connectivity index (χ3n) is 4.98. The standard InChI is InChI=1S/C22H20ClFN2O3/c1-28-20-13-19(25-8-2-3-9-25)18(23)12-17(20)22(27)26-10-11-29-21(14-26)15-4-6-16(24)7-5-15/h2-9,12-13,21H,10-11,14H2,1H3. The normalized spacial score (nSPS) is 16.7. The molecule has 1 aliphatic heterocycles. The Bertz CT molecular complexity index is 1010. The van der Waals surface area contributed by atoms with Crippen molar-refractivity contribution >= 4 is 17.5 Å². The maximum Gasteiger partial charge on any atom is 0.257 e. The predicted molar refractivity (Wildman–Crippen MR) is 108 cm³/mol. The molecule has 1 aliphatic rings. The first-order valence-corrected chi connectivity index (χ1v) is 9.62. The van der Waals surface area contributed by atoms with Gasteiger partial charge in [0.05, 0.1) is 36.5 Å². The SMILES string of the molecule is COc1cc(-n2cccc2)c(Cl)cc1C(=O)N1CCOC(c2ccc(F)cc2)C1. The average molecular weight is 415 g/mol. The molecular formula is C22H20ClFN2O3. The Balaban J connectivity index is 1.60. The zero-order chi connectivity index (χ0) is 20.4. The molecule has 5 nitrogen and oxygen atoms in total. The van der Waals surface area contributed by atoms with E-state index in [-0.39, 0.29) is 17.8 Å². The Morgan fingerprint density at radius 3 is 2.62 bits per heavy atom. The van der Waals surface area contributed by atoms with E-state index in [2.05, 4.69) is 0 Å². The van der Waals surface area contributed by atoms with E-state index in [0.29, 0.717) is 36.0 Å². The molecule has 1 amide bonds. The predicted octanol–water partition coefficient (Wildman–Crippen LogP) is 4.49. The summed E-state index contributed by atoms with van der Waals surface area (Å²) in [6.45, 7) is 1.21. The molecule has 7 heteroatoms. The highest BCUT2D eigenvalue weighted by Gasteiger charge is 2.28. The Labute approximate surface area is 173 Å². The highest BCUT2D eigenvalue weighted by atomic mass is 35.5. The van der Waals surface area contributed by atoms with Crippen LogP contribution in [0.5, 0.6) is 5.75 Å². The molecule has 2 heterocycles. The second kappa shape index (κ2) is 8.27. The van der Waals surface area contributed by atoms with Gasteiger partial charge in [0.25, 0.3) is 5.91 Å². The summed E-state index contributed by atoms with van der Waals surface area (Å²) < 4.78 is 26.3. The summed E-state index contributed by atoms with van der Waals surface area (Å²) in [5.41, 5.74) is 1.96. The zero-order valence-corrected chi connectivity index (χ0v) is 16.6. The van der Waals surface area contributed by atoms with Crippen LogP contribution in [0.1, 0.15) is 22.0 Å². The van der Waals surface area contributed by atoms with Crippen molar-refractivity contribution in [3.63, 3.8) is 0 Å². The Morgan fingerprint density at radius 1 is 1.21 bits per heavy atom. The van der Waals surface area contributed by atoms with E-state index < -0.39 is 0 Å². The van der Waals surface area contributed by atoms with Crippen molar-refractivity contribution in [2.45, 2.75) is 6.10 Å². The van der Waals surface area contributed by atoms with Crippen molar-refractivity contribution in [1.82, 2.24) is 9.47 Å². The molecule has 1 unspecified atom stereocenters. The fraction of sp³-hybridized carbons (Fsp3) is 0.227. The van der Waals surface area contributed by atoms with Gasteiger partial charge in [-0.1, -0.05) is 23.7 Å². The van der Waals surface area contributed by atoms with Crippen LogP contribution in [0.15, 0.2) is 60.9 Å². The first kappa shape index (κ1) is 19.5. The van der Waals surface area contributed by atoms with Crippen molar-refractivity contribution in [2.75, 3.05) is 26.8 Å². The largest absolute Gasteiger partial charge is 0.496 e. The summed E-state index contributed by atoms with van der Waals surface area (Å²) >= 11 is 6.46. The van der Waals surface area contributed by atoms with E-state index in [1.165, 1.54) is 19.2 Å². The van der Waals surface area contributed by atoms with Crippen LogP contribution >= 0.6 is 11.6 Å². The van der Waals surface area contributed by atoms with Crippen LogP contribution in [0.2, 0.25) is 5.02 Å². The number of morpholine rings is 1. The molecule has 0 radical (unpaired) electrons. The van der Waals surface area contributed by atoms with Gasteiger partial charge >= 0.3 is 0 Å². The molecule has 1 atom stereocenters. The van der Waals surface area contributed by atoms with Gasteiger partial charge in [-0.25, -0.2) is 4.39 Å². The van der Waals surface area contributed by atoms with E-state index in [9.17, 15) is 9.18 Å². The number of aromatic nitrogens is 1. The summed E-state index contributed by atoms with van der Waals surface area (Å²) in [5.74, 6) is -0.0363. The summed E-state index contributed by atoms with van der Waals surface area (Å²) in [6.07, 6.45) is 3.43. The van der Waals surface area contributed by atoms with Crippen molar-refractivity contribution < 1.29 is 18.7 Å². The molecule has 3 aromatic rings. The van der Waals surface area contributed by atoms with Gasteiger partial charge in [0.1, 0.15) is 17.7 Å². The molecule has 0 aliphatic carbocycles. The number of hydrogen-bond acceptors (Lipinski definition) is 3. The van der Waals surface area contributed by atoms with Crippen LogP contribution in [0.25, 0.3) is 5.69 Å². The number of benzene rings is 2. The van der Waals surface area contributed by atoms with Crippen molar-refractivity contribution in [2.24, 2.45) is 0 Å². The van der Waals surface area contributed by atoms with Gasteiger partial charge in [-0.2, -0.15) is 0 Å². The lowest BCUT2D eigenvalue weighted by molar-refractivity contribution is -0.0229. The van der Waals surface area contributed by atoms with E-state index in [0.717, 1.165) is 11.3 Å². The molecule has 29 heavy (non-hydrogen) atoms. The molecule has 0 bridgehead atoms. The van der Waals surface area contributed by atoms with Crippen LogP contribution in [-0.4, -0.2) is 42.2 Å². The molecule has 150 valence electrons. The lowest BCUT2D eigenvalue weighted by Crippen LogP contribution is -2.42. The molecular weight excluding hydrogens is 395 g/mol. The van der Waals surface area contributed by atoms with E-state index in [1.54, 1.807) is 29.2 Å². The van der Waals surface area contributed by atoms with Gasteiger partial charge in [-0.15, -0.1) is 0 Å². The number of amides is 1. The summed E-state index contributed by atoms with van der Waals surface area (Å²) in [7, 11) is 1.53. The average Bonchev–Trinajstić information content (AvgIpc) is 3.28. The molecule has 1 saturated heterocycles. The van der Waals surface area contributed by atoms with Gasteiger partial charge in [0, 0.05) is 25.0 Å². The number of methoxy groups -OCH3 is 1. The molecule has 2 aromatic carbocycles. The first-order valence-electron chi connectivity index (χ1n) is 9.24. The molecule has 1 fully saturated rings. The van der Waals surface area contributed by atoms with Crippen LogP contribution in [0.4, 0.5) is 4.39 Å². The highest BCUT2D eigenvalue weighted by Crippen LogP contribution is 2.32. The van der Waals surface area contributed by atoms with Crippen molar-refractivity contribution in [1.29, 1.82) is 0 Å². The van der Waals surface area contributed by atoms with Crippen molar-refractivity contribution in [3.8, 4) is 11.4 Å². The summed E-state index contributed by atoms with van der Waals surface area (Å²) in [6, 6.07) is 13.3. The topological polar surface area (TPSA) is 43.7 Å². The first-order chi connectivity index (χ1) is 14.1. The van der Waals surface area contributed by atoms with Crippen LogP contribution < -0.4 is 4.74 Å². The minimum absolute atomic E-state index is 0.182. The van der Waals surface area contributed by atoms with Crippen molar-refractivity contribution in [3.05, 3.63) is 82.9 Å². The lowest BCUT2D eigenvalue weighted by Gasteiger charge is -2.33. The number of carbonyl (C=O) groups excluding carboxylic acids is 1. The number of nitrogens with zero attached hydrogens (tertiary/aromatic N) is 2. The minimum atomic E-state index is -0.311. The molecule has 1 aromatic heterocycles. The number of rotatable bonds is 4. The monoisotopic (exact) mass is 414 g/mol. The summed E-state index contributed by atoms with van der Waals surface area (Å²) in [5, 5.41) is 0.452.